The van der Waals surface area contributed by atoms with Gasteiger partial charge in [-0.25, -0.2) is 0 Å². The maximum absolute atomic E-state index is 13.1. The lowest BCUT2D eigenvalue weighted by Crippen LogP contribution is -2.50. The molecule has 1 aliphatic carbocycles. The number of carbonyl (C=O) groups excluding carboxylic acids is 1. The van der Waals surface area contributed by atoms with Gasteiger partial charge < -0.3 is 14.7 Å². The minimum absolute atomic E-state index is 0.0301. The number of hydrogen-bond donors (Lipinski definition) is 1. The van der Waals surface area contributed by atoms with Crippen molar-refractivity contribution in [2.75, 3.05) is 13.2 Å². The van der Waals surface area contributed by atoms with Crippen LogP contribution in [0, 0.1) is 11.8 Å². The molecule has 2 unspecified atom stereocenters. The zero-order valence-electron chi connectivity index (χ0n) is 13.9. The zero-order chi connectivity index (χ0) is 16.9. The molecular formula is C19H23NO4. The van der Waals surface area contributed by atoms with E-state index in [1.54, 1.807) is 0 Å². The lowest BCUT2D eigenvalue weighted by molar-refractivity contribution is -0.149. The number of carbonyl (C=O) groups is 2. The second kappa shape index (κ2) is 5.50. The lowest BCUT2D eigenvalue weighted by atomic mass is 9.86. The van der Waals surface area contributed by atoms with Gasteiger partial charge in [-0.05, 0) is 38.7 Å². The van der Waals surface area contributed by atoms with E-state index in [1.807, 2.05) is 30.0 Å². The van der Waals surface area contributed by atoms with Gasteiger partial charge in [0.15, 0.2) is 0 Å². The number of carboxylic acids is 1. The second-order valence-electron chi connectivity index (χ2n) is 7.37. The minimum atomic E-state index is -0.790. The van der Waals surface area contributed by atoms with Crippen molar-refractivity contribution < 1.29 is 19.4 Å². The maximum atomic E-state index is 13.1. The summed E-state index contributed by atoms with van der Waals surface area (Å²) in [6, 6.07) is 7.78. The van der Waals surface area contributed by atoms with Crippen molar-refractivity contribution in [3.05, 3.63) is 29.8 Å². The third-order valence-corrected chi connectivity index (χ3v) is 6.19. The lowest BCUT2D eigenvalue weighted by Gasteiger charge is -2.38. The molecule has 1 aromatic carbocycles. The van der Waals surface area contributed by atoms with Gasteiger partial charge in [-0.2, -0.15) is 0 Å². The van der Waals surface area contributed by atoms with Crippen molar-refractivity contribution in [2.24, 2.45) is 11.8 Å². The average Bonchev–Trinajstić information content (AvgIpc) is 3.29. The molecule has 1 N–H and O–H groups in total. The molecular weight excluding hydrogens is 306 g/mol. The Morgan fingerprint density at radius 1 is 1.33 bits per heavy atom. The highest BCUT2D eigenvalue weighted by molar-refractivity contribution is 5.86. The van der Waals surface area contributed by atoms with Crippen LogP contribution in [0.2, 0.25) is 0 Å². The number of amides is 1. The maximum Gasteiger partial charge on any atom is 0.308 e. The molecule has 2 aliphatic heterocycles. The fourth-order valence-corrected chi connectivity index (χ4v) is 4.67. The van der Waals surface area contributed by atoms with Crippen LogP contribution >= 0.6 is 0 Å². The molecule has 1 saturated carbocycles. The third kappa shape index (κ3) is 2.21. The Hall–Kier alpha value is -2.04. The standard InChI is InChI=1S/C19H23NO4/c1-12-13(18(22)23)5-4-9-20(12)17(21)15-11-19(15)8-10-24-16-7-3-2-6-14(16)19/h2-3,6-7,12-13,15H,4-5,8-11H2,1H3,(H,22,23)/t12-,13-,15?,19?/m1/s1. The molecule has 0 aromatic heterocycles. The molecule has 4 rings (SSSR count). The number of nitrogens with zero attached hydrogens (tertiary/aromatic N) is 1. The molecule has 128 valence electrons. The molecule has 0 bridgehead atoms. The molecule has 4 atom stereocenters. The van der Waals surface area contributed by atoms with E-state index < -0.39 is 11.9 Å². The van der Waals surface area contributed by atoms with Gasteiger partial charge in [0.2, 0.25) is 5.91 Å². The summed E-state index contributed by atoms with van der Waals surface area (Å²) in [5, 5.41) is 9.38. The van der Waals surface area contributed by atoms with Crippen LogP contribution in [0.25, 0.3) is 0 Å². The predicted octanol–water partition coefficient (Wildman–Crippen LogP) is 2.44. The van der Waals surface area contributed by atoms with Crippen LogP contribution in [0.15, 0.2) is 24.3 Å². The Balaban J connectivity index is 1.56. The first-order valence-electron chi connectivity index (χ1n) is 8.80. The van der Waals surface area contributed by atoms with Gasteiger partial charge in [-0.3, -0.25) is 9.59 Å². The Kier molecular flexibility index (Phi) is 3.55. The van der Waals surface area contributed by atoms with Gasteiger partial charge in [0.05, 0.1) is 12.5 Å². The number of aliphatic carboxylic acids is 1. The topological polar surface area (TPSA) is 66.8 Å². The molecule has 1 aromatic rings. The van der Waals surface area contributed by atoms with E-state index in [0.29, 0.717) is 19.6 Å². The molecule has 5 nitrogen and oxygen atoms in total. The molecule has 2 heterocycles. The molecule has 3 aliphatic rings. The highest BCUT2D eigenvalue weighted by Crippen LogP contribution is 2.61. The van der Waals surface area contributed by atoms with E-state index in [1.165, 1.54) is 0 Å². The first kappa shape index (κ1) is 15.5. The van der Waals surface area contributed by atoms with E-state index in [0.717, 1.165) is 30.6 Å². The number of hydrogen-bond acceptors (Lipinski definition) is 3. The molecule has 0 radical (unpaired) electrons. The van der Waals surface area contributed by atoms with E-state index in [4.69, 9.17) is 4.74 Å². The molecule has 5 heteroatoms. The second-order valence-corrected chi connectivity index (χ2v) is 7.37. The van der Waals surface area contributed by atoms with Crippen molar-refractivity contribution in [2.45, 2.75) is 44.1 Å². The van der Waals surface area contributed by atoms with Gasteiger partial charge >= 0.3 is 5.97 Å². The van der Waals surface area contributed by atoms with Gasteiger partial charge in [-0.15, -0.1) is 0 Å². The number of likely N-dealkylation sites (tertiary alicyclic amines) is 1. The first-order chi connectivity index (χ1) is 11.5. The molecule has 24 heavy (non-hydrogen) atoms. The fraction of sp³-hybridized carbons (Fsp3) is 0.579. The summed E-state index contributed by atoms with van der Waals surface area (Å²) in [5.74, 6) is -0.238. The smallest absolute Gasteiger partial charge is 0.308 e. The monoisotopic (exact) mass is 329 g/mol. The van der Waals surface area contributed by atoms with Crippen LogP contribution in [-0.2, 0) is 15.0 Å². The highest BCUT2D eigenvalue weighted by atomic mass is 16.5. The normalized spacial score (nSPS) is 34.4. The number of fused-ring (bicyclic) bond motifs is 2. The van der Waals surface area contributed by atoms with Crippen molar-refractivity contribution in [3.8, 4) is 5.75 Å². The van der Waals surface area contributed by atoms with Gasteiger partial charge in [0.1, 0.15) is 5.75 Å². The summed E-state index contributed by atoms with van der Waals surface area (Å²) in [5.41, 5.74) is 1.05. The van der Waals surface area contributed by atoms with Gasteiger partial charge in [0, 0.05) is 29.5 Å². The summed E-state index contributed by atoms with van der Waals surface area (Å²) in [6.07, 6.45) is 3.15. The predicted molar refractivity (Wildman–Crippen MR) is 87.9 cm³/mol. The zero-order valence-corrected chi connectivity index (χ0v) is 13.9. The number of benzene rings is 1. The fourth-order valence-electron chi connectivity index (χ4n) is 4.67. The Morgan fingerprint density at radius 2 is 2.12 bits per heavy atom. The Bertz CT molecular complexity index is 688. The van der Waals surface area contributed by atoms with Crippen LogP contribution in [0.1, 0.15) is 38.2 Å². The van der Waals surface area contributed by atoms with Crippen molar-refractivity contribution >= 4 is 11.9 Å². The largest absolute Gasteiger partial charge is 0.493 e. The van der Waals surface area contributed by atoms with Crippen LogP contribution in [-0.4, -0.2) is 41.1 Å². The Morgan fingerprint density at radius 3 is 2.92 bits per heavy atom. The summed E-state index contributed by atoms with van der Waals surface area (Å²) in [6.45, 7) is 3.20. The van der Waals surface area contributed by atoms with E-state index in [-0.39, 0.29) is 23.3 Å². The molecule has 1 saturated heterocycles. The number of piperidine rings is 1. The quantitative estimate of drug-likeness (QED) is 0.905. The van der Waals surface area contributed by atoms with Crippen LogP contribution in [0.5, 0.6) is 5.75 Å². The summed E-state index contributed by atoms with van der Waals surface area (Å²) in [7, 11) is 0. The third-order valence-electron chi connectivity index (χ3n) is 6.19. The van der Waals surface area contributed by atoms with E-state index >= 15 is 0 Å². The van der Waals surface area contributed by atoms with Crippen molar-refractivity contribution in [1.29, 1.82) is 0 Å². The van der Waals surface area contributed by atoms with Gasteiger partial charge in [0.25, 0.3) is 0 Å². The summed E-state index contributed by atoms with van der Waals surface area (Å²) >= 11 is 0. The number of ether oxygens (including phenoxy) is 1. The van der Waals surface area contributed by atoms with Crippen LogP contribution in [0.4, 0.5) is 0 Å². The highest BCUT2D eigenvalue weighted by Gasteiger charge is 2.62. The van der Waals surface area contributed by atoms with Gasteiger partial charge in [-0.1, -0.05) is 18.2 Å². The minimum Gasteiger partial charge on any atom is -0.493 e. The average molecular weight is 329 g/mol. The van der Waals surface area contributed by atoms with E-state index in [9.17, 15) is 14.7 Å². The number of carboxylic acid groups (broad SMARTS) is 1. The summed E-state index contributed by atoms with van der Waals surface area (Å²) in [4.78, 5) is 26.4. The number of para-hydroxylation sites is 1. The number of rotatable bonds is 2. The summed E-state index contributed by atoms with van der Waals surface area (Å²) < 4.78 is 5.74. The SMILES string of the molecule is C[C@@H]1[C@H](C(=O)O)CCCN1C(=O)C1CC12CCOc1ccccc12. The van der Waals surface area contributed by atoms with Crippen molar-refractivity contribution in [3.63, 3.8) is 0 Å². The molecule has 1 spiro atoms. The van der Waals surface area contributed by atoms with E-state index in [2.05, 4.69) is 6.07 Å². The molecule has 2 fully saturated rings. The van der Waals surface area contributed by atoms with Crippen LogP contribution in [0.3, 0.4) is 0 Å². The molecule has 1 amide bonds. The Labute approximate surface area is 141 Å². The van der Waals surface area contributed by atoms with Crippen LogP contribution < -0.4 is 4.74 Å². The first-order valence-corrected chi connectivity index (χ1v) is 8.80. The van der Waals surface area contributed by atoms with Crippen molar-refractivity contribution in [1.82, 2.24) is 4.90 Å².